The largest absolute Gasteiger partial charge is 0.444 e. The van der Waals surface area contributed by atoms with Gasteiger partial charge in [0, 0.05) is 24.2 Å². The summed E-state index contributed by atoms with van der Waals surface area (Å²) in [6, 6.07) is 4.45. The number of nitrogens with zero attached hydrogens (tertiary/aromatic N) is 2. The lowest BCUT2D eigenvalue weighted by atomic mass is 10.2. The molecule has 1 heterocycles. The Morgan fingerprint density at radius 1 is 1.31 bits per heavy atom. The highest BCUT2D eigenvalue weighted by Crippen LogP contribution is 2.24. The summed E-state index contributed by atoms with van der Waals surface area (Å²) in [5.74, 6) is 1.80. The van der Waals surface area contributed by atoms with Crippen LogP contribution in [0.5, 0.6) is 5.75 Å². The molecule has 0 aliphatic heterocycles. The van der Waals surface area contributed by atoms with Gasteiger partial charge in [-0.25, -0.2) is 4.98 Å². The van der Waals surface area contributed by atoms with E-state index in [0.717, 1.165) is 11.5 Å². The minimum Gasteiger partial charge on any atom is -0.444 e. The molecular weight excluding hydrogens is 481 g/mol. The van der Waals surface area contributed by atoms with E-state index in [2.05, 4.69) is 25.3 Å². The van der Waals surface area contributed by atoms with Crippen LogP contribution in [0.1, 0.15) is 22.9 Å². The molecule has 0 bridgehead atoms. The van der Waals surface area contributed by atoms with Crippen LogP contribution in [0.2, 0.25) is 5.02 Å². The summed E-state index contributed by atoms with van der Waals surface area (Å²) in [5.41, 5.74) is 1.31. The van der Waals surface area contributed by atoms with Gasteiger partial charge >= 0.3 is 6.61 Å². The maximum atomic E-state index is 12.5. The lowest BCUT2D eigenvalue weighted by Gasteiger charge is -2.14. The molecule has 0 spiro atoms. The number of hydrogen-bond donors (Lipinski definition) is 2. The van der Waals surface area contributed by atoms with Crippen LogP contribution >= 0.6 is 35.6 Å². The molecule has 1 aromatic carbocycles. The van der Waals surface area contributed by atoms with Crippen molar-refractivity contribution in [1.82, 2.24) is 15.6 Å². The average Bonchev–Trinajstić information content (AvgIpc) is 2.88. The fraction of sp³-hybridized carbons (Fsp3) is 0.375. The summed E-state index contributed by atoms with van der Waals surface area (Å²) in [6.07, 6.45) is 0. The van der Waals surface area contributed by atoms with E-state index in [1.807, 2.05) is 13.8 Å². The van der Waals surface area contributed by atoms with Crippen LogP contribution in [0, 0.1) is 13.8 Å². The lowest BCUT2D eigenvalue weighted by Crippen LogP contribution is -2.36. The third-order valence-electron chi connectivity index (χ3n) is 3.39. The maximum absolute atomic E-state index is 12.5. The lowest BCUT2D eigenvalue weighted by molar-refractivity contribution is -0.0504. The number of benzene rings is 1. The first-order valence-electron chi connectivity index (χ1n) is 7.49. The van der Waals surface area contributed by atoms with E-state index in [1.54, 1.807) is 13.1 Å². The molecule has 144 valence electrons. The normalized spacial score (nSPS) is 11.3. The van der Waals surface area contributed by atoms with Gasteiger partial charge in [-0.3, -0.25) is 4.99 Å². The predicted molar refractivity (Wildman–Crippen MR) is 107 cm³/mol. The Labute approximate surface area is 172 Å². The van der Waals surface area contributed by atoms with Crippen molar-refractivity contribution in [1.29, 1.82) is 0 Å². The van der Waals surface area contributed by atoms with E-state index >= 15 is 0 Å². The fourth-order valence-electron chi connectivity index (χ4n) is 2.07. The van der Waals surface area contributed by atoms with E-state index in [9.17, 15) is 8.78 Å². The number of aliphatic imine (C=N–C) groups is 1. The number of rotatable bonds is 6. The molecule has 0 aliphatic rings. The van der Waals surface area contributed by atoms with Gasteiger partial charge in [0.1, 0.15) is 11.5 Å². The number of halogens is 4. The zero-order valence-corrected chi connectivity index (χ0v) is 17.6. The minimum absolute atomic E-state index is 0. The molecule has 6 nitrogen and oxygen atoms in total. The van der Waals surface area contributed by atoms with Crippen molar-refractivity contribution >= 4 is 41.5 Å². The molecule has 2 rings (SSSR count). The van der Waals surface area contributed by atoms with Crippen LogP contribution < -0.4 is 15.4 Å². The van der Waals surface area contributed by atoms with Crippen molar-refractivity contribution in [2.24, 2.45) is 4.99 Å². The average molecular weight is 501 g/mol. The van der Waals surface area contributed by atoms with Gasteiger partial charge in [0.25, 0.3) is 0 Å². The van der Waals surface area contributed by atoms with Crippen molar-refractivity contribution in [3.8, 4) is 5.75 Å². The molecule has 1 aromatic heterocycles. The standard InChI is InChI=1S/C16H19ClF2N4O2.HI/c1-9-10(2)24-14(23-9)8-22-16(20-3)21-7-11-6-12(17)4-5-13(11)25-15(18)19;/h4-6,15H,7-8H2,1-3H3,(H2,20,21,22);1H. The summed E-state index contributed by atoms with van der Waals surface area (Å²) in [7, 11) is 1.59. The van der Waals surface area contributed by atoms with Gasteiger partial charge in [-0.1, -0.05) is 11.6 Å². The number of aryl methyl sites for hydroxylation is 2. The first kappa shape index (κ1) is 22.4. The smallest absolute Gasteiger partial charge is 0.387 e. The molecule has 0 saturated heterocycles. The zero-order chi connectivity index (χ0) is 18.4. The topological polar surface area (TPSA) is 71.7 Å². The Morgan fingerprint density at radius 3 is 2.58 bits per heavy atom. The fourth-order valence-corrected chi connectivity index (χ4v) is 2.27. The van der Waals surface area contributed by atoms with Gasteiger partial charge in [-0.15, -0.1) is 24.0 Å². The Bertz CT molecular complexity index is 736. The summed E-state index contributed by atoms with van der Waals surface area (Å²) >= 11 is 5.92. The molecule has 0 amide bonds. The van der Waals surface area contributed by atoms with Gasteiger partial charge in [-0.2, -0.15) is 8.78 Å². The highest BCUT2D eigenvalue weighted by atomic mass is 127. The number of oxazole rings is 1. The summed E-state index contributed by atoms with van der Waals surface area (Å²) in [4.78, 5) is 8.32. The molecule has 10 heteroatoms. The van der Waals surface area contributed by atoms with Crippen molar-refractivity contribution < 1.29 is 17.9 Å². The van der Waals surface area contributed by atoms with E-state index < -0.39 is 6.61 Å². The molecule has 0 radical (unpaired) electrons. The minimum atomic E-state index is -2.91. The second kappa shape index (κ2) is 10.5. The number of alkyl halides is 2. The molecule has 0 fully saturated rings. The van der Waals surface area contributed by atoms with Crippen LogP contribution in [0.3, 0.4) is 0 Å². The van der Waals surface area contributed by atoms with Crippen LogP contribution in [0.4, 0.5) is 8.78 Å². The Hall–Kier alpha value is -1.62. The van der Waals surface area contributed by atoms with Gasteiger partial charge < -0.3 is 19.8 Å². The molecule has 26 heavy (non-hydrogen) atoms. The second-order valence-corrected chi connectivity index (χ2v) is 5.60. The second-order valence-electron chi connectivity index (χ2n) is 5.16. The van der Waals surface area contributed by atoms with E-state index in [4.69, 9.17) is 16.0 Å². The molecular formula is C16H20ClF2IN4O2. The quantitative estimate of drug-likeness (QED) is 0.356. The van der Waals surface area contributed by atoms with Crippen LogP contribution in [-0.2, 0) is 13.1 Å². The predicted octanol–water partition coefficient (Wildman–Crippen LogP) is 4.03. The first-order valence-corrected chi connectivity index (χ1v) is 7.87. The summed E-state index contributed by atoms with van der Waals surface area (Å²) < 4.78 is 34.9. The Balaban J connectivity index is 0.00000338. The van der Waals surface area contributed by atoms with Gasteiger partial charge in [-0.05, 0) is 32.0 Å². The summed E-state index contributed by atoms with van der Waals surface area (Å²) in [5, 5.41) is 6.46. The van der Waals surface area contributed by atoms with Crippen LogP contribution in [0.15, 0.2) is 27.6 Å². The Morgan fingerprint density at radius 2 is 2.00 bits per heavy atom. The molecule has 0 saturated carbocycles. The Kier molecular flexibility index (Phi) is 9.06. The SMILES string of the molecule is CN=C(NCc1nc(C)c(C)o1)NCc1cc(Cl)ccc1OC(F)F.I. The van der Waals surface area contributed by atoms with Crippen molar-refractivity contribution in [3.05, 3.63) is 46.1 Å². The first-order chi connectivity index (χ1) is 11.9. The molecule has 2 aromatic rings. The van der Waals surface area contributed by atoms with E-state index in [1.165, 1.54) is 12.1 Å². The monoisotopic (exact) mass is 500 g/mol. The van der Waals surface area contributed by atoms with Crippen molar-refractivity contribution in [2.45, 2.75) is 33.5 Å². The molecule has 2 N–H and O–H groups in total. The number of ether oxygens (including phenoxy) is 1. The molecule has 0 unspecified atom stereocenters. The zero-order valence-electron chi connectivity index (χ0n) is 14.5. The van der Waals surface area contributed by atoms with E-state index in [0.29, 0.717) is 29.0 Å². The maximum Gasteiger partial charge on any atom is 0.387 e. The molecule has 0 aliphatic carbocycles. The van der Waals surface area contributed by atoms with Crippen molar-refractivity contribution in [2.75, 3.05) is 7.05 Å². The van der Waals surface area contributed by atoms with Gasteiger partial charge in [0.05, 0.1) is 12.2 Å². The van der Waals surface area contributed by atoms with Gasteiger partial charge in [0.2, 0.25) is 5.89 Å². The third-order valence-corrected chi connectivity index (χ3v) is 3.62. The number of hydrogen-bond acceptors (Lipinski definition) is 4. The molecule has 0 atom stereocenters. The number of nitrogens with one attached hydrogen (secondary N) is 2. The van der Waals surface area contributed by atoms with Gasteiger partial charge in [0.15, 0.2) is 5.96 Å². The highest BCUT2D eigenvalue weighted by molar-refractivity contribution is 14.0. The third kappa shape index (κ3) is 6.60. The van der Waals surface area contributed by atoms with E-state index in [-0.39, 0.29) is 36.3 Å². The summed E-state index contributed by atoms with van der Waals surface area (Å²) in [6.45, 7) is 1.33. The number of aromatic nitrogens is 1. The van der Waals surface area contributed by atoms with Crippen LogP contribution in [-0.4, -0.2) is 24.6 Å². The van der Waals surface area contributed by atoms with Crippen molar-refractivity contribution in [3.63, 3.8) is 0 Å². The number of guanidine groups is 1. The van der Waals surface area contributed by atoms with Crippen LogP contribution in [0.25, 0.3) is 0 Å². The highest BCUT2D eigenvalue weighted by Gasteiger charge is 2.11.